The van der Waals surface area contributed by atoms with E-state index >= 15 is 0 Å². The number of pyridine rings is 1. The topological polar surface area (TPSA) is 49.9 Å². The molecule has 0 spiro atoms. The Balaban J connectivity index is 1.68. The number of hydrogen-bond donors (Lipinski definition) is 1. The molecular formula is C29H32N4O2S. The number of fused-ring (bicyclic) bond motifs is 1. The van der Waals surface area contributed by atoms with Gasteiger partial charge in [-0.15, -0.1) is 0 Å². The zero-order valence-electron chi connectivity index (χ0n) is 21.6. The molecule has 0 saturated carbocycles. The van der Waals surface area contributed by atoms with Gasteiger partial charge >= 0.3 is 0 Å². The van der Waals surface area contributed by atoms with E-state index in [9.17, 15) is 0 Å². The standard InChI is InChI=1S/C29H32N4O2S/c1-18-17-29(2,3)32(4)23-12-10-19(15-21(18)23)27-26(22-9-7-8-14-30-22)31-28(36)33(27)24-13-11-20(34-5)16-25(24)35-6/h7-17,26-27H,1-6H3,(H,31,36)/t26-,27-/m0/s1. The third kappa shape index (κ3) is 3.97. The predicted molar refractivity (Wildman–Crippen MR) is 150 cm³/mol. The van der Waals surface area contributed by atoms with Crippen molar-refractivity contribution in [2.24, 2.45) is 0 Å². The van der Waals surface area contributed by atoms with Gasteiger partial charge < -0.3 is 24.6 Å². The molecule has 0 bridgehead atoms. The largest absolute Gasteiger partial charge is 0.497 e. The Labute approximate surface area is 218 Å². The highest BCUT2D eigenvalue weighted by molar-refractivity contribution is 7.80. The summed E-state index contributed by atoms with van der Waals surface area (Å²) < 4.78 is 11.2. The highest BCUT2D eigenvalue weighted by Gasteiger charge is 2.42. The Hall–Kier alpha value is -3.58. The van der Waals surface area contributed by atoms with Crippen LogP contribution in [-0.4, -0.2) is 36.9 Å². The monoisotopic (exact) mass is 500 g/mol. The van der Waals surface area contributed by atoms with E-state index in [4.69, 9.17) is 21.7 Å². The van der Waals surface area contributed by atoms with Crippen molar-refractivity contribution in [3.05, 3.63) is 83.7 Å². The van der Waals surface area contributed by atoms with Gasteiger partial charge in [0.05, 0.1) is 43.2 Å². The molecule has 2 aliphatic heterocycles. The molecule has 0 amide bonds. The van der Waals surface area contributed by atoms with Crippen LogP contribution >= 0.6 is 12.2 Å². The average molecular weight is 501 g/mol. The molecule has 7 heteroatoms. The maximum atomic E-state index is 5.92. The molecule has 1 N–H and O–H groups in total. The van der Waals surface area contributed by atoms with Crippen LogP contribution in [0.4, 0.5) is 11.4 Å². The van der Waals surface area contributed by atoms with Crippen molar-refractivity contribution >= 4 is 34.3 Å². The molecule has 0 aliphatic carbocycles. The summed E-state index contributed by atoms with van der Waals surface area (Å²) in [5, 5.41) is 4.17. The summed E-state index contributed by atoms with van der Waals surface area (Å²) in [6, 6.07) is 18.3. The van der Waals surface area contributed by atoms with Gasteiger partial charge in [-0.2, -0.15) is 0 Å². The van der Waals surface area contributed by atoms with Crippen LogP contribution < -0.4 is 24.6 Å². The molecule has 3 heterocycles. The maximum Gasteiger partial charge on any atom is 0.174 e. The first-order valence-corrected chi connectivity index (χ1v) is 12.5. The molecule has 2 atom stereocenters. The highest BCUT2D eigenvalue weighted by Crippen LogP contribution is 2.47. The van der Waals surface area contributed by atoms with Gasteiger partial charge in [0.25, 0.3) is 0 Å². The molecule has 36 heavy (non-hydrogen) atoms. The molecule has 186 valence electrons. The van der Waals surface area contributed by atoms with Gasteiger partial charge in [0.15, 0.2) is 5.11 Å². The number of benzene rings is 2. The summed E-state index contributed by atoms with van der Waals surface area (Å²) in [7, 11) is 5.47. The minimum atomic E-state index is -0.134. The Morgan fingerprint density at radius 1 is 1.00 bits per heavy atom. The fourth-order valence-corrected chi connectivity index (χ4v) is 5.64. The first-order chi connectivity index (χ1) is 17.2. The average Bonchev–Trinajstić information content (AvgIpc) is 3.23. The number of hydrogen-bond acceptors (Lipinski definition) is 5. The second kappa shape index (κ2) is 9.13. The third-order valence-corrected chi connectivity index (χ3v) is 7.64. The number of thiocarbonyl (C=S) groups is 1. The number of anilines is 2. The molecule has 6 nitrogen and oxygen atoms in total. The van der Waals surface area contributed by atoms with Gasteiger partial charge in [0.1, 0.15) is 11.5 Å². The minimum Gasteiger partial charge on any atom is -0.497 e. The Morgan fingerprint density at radius 3 is 2.47 bits per heavy atom. The number of ether oxygens (including phenoxy) is 2. The van der Waals surface area contributed by atoms with Crippen molar-refractivity contribution in [3.8, 4) is 11.5 Å². The van der Waals surface area contributed by atoms with E-state index in [-0.39, 0.29) is 17.6 Å². The molecule has 1 saturated heterocycles. The van der Waals surface area contributed by atoms with Crippen LogP contribution in [0, 0.1) is 0 Å². The van der Waals surface area contributed by atoms with Crippen LogP contribution in [0.5, 0.6) is 11.5 Å². The molecule has 2 aliphatic rings. The SMILES string of the molecule is COc1ccc(N2C(=S)N[C@@H](c3ccccn3)[C@@H]2c2ccc3c(c2)C(C)=CC(C)(C)N3C)c(OC)c1. The number of nitrogens with zero attached hydrogens (tertiary/aromatic N) is 3. The van der Waals surface area contributed by atoms with Crippen LogP contribution in [0.15, 0.2) is 66.9 Å². The molecule has 5 rings (SSSR count). The van der Waals surface area contributed by atoms with Crippen molar-refractivity contribution in [2.75, 3.05) is 31.1 Å². The summed E-state index contributed by atoms with van der Waals surface area (Å²) in [5.74, 6) is 1.42. The maximum absolute atomic E-state index is 5.92. The van der Waals surface area contributed by atoms with E-state index in [1.165, 1.54) is 16.8 Å². The fraction of sp³-hybridized carbons (Fsp3) is 0.310. The zero-order valence-corrected chi connectivity index (χ0v) is 22.4. The van der Waals surface area contributed by atoms with E-state index in [1.807, 2.05) is 42.6 Å². The lowest BCUT2D eigenvalue weighted by Gasteiger charge is -2.41. The highest BCUT2D eigenvalue weighted by atomic mass is 32.1. The molecule has 1 fully saturated rings. The first kappa shape index (κ1) is 24.1. The second-order valence-electron chi connectivity index (χ2n) is 9.85. The molecule has 2 aromatic carbocycles. The number of aromatic nitrogens is 1. The van der Waals surface area contributed by atoms with Gasteiger partial charge in [-0.1, -0.05) is 18.2 Å². The van der Waals surface area contributed by atoms with Gasteiger partial charge in [-0.25, -0.2) is 0 Å². The summed E-state index contributed by atoms with van der Waals surface area (Å²) in [4.78, 5) is 9.16. The second-order valence-corrected chi connectivity index (χ2v) is 10.2. The number of likely N-dealkylation sites (N-methyl/N-ethyl adjacent to an activating group) is 1. The van der Waals surface area contributed by atoms with Crippen LogP contribution in [0.1, 0.15) is 49.7 Å². The Kier molecular flexibility index (Phi) is 6.12. The number of allylic oxidation sites excluding steroid dienone is 1. The van der Waals surface area contributed by atoms with Gasteiger partial charge in [-0.05, 0) is 80.5 Å². The molecular weight excluding hydrogens is 468 g/mol. The van der Waals surface area contributed by atoms with Gasteiger partial charge in [0, 0.05) is 30.6 Å². The van der Waals surface area contributed by atoms with Crippen LogP contribution in [0.2, 0.25) is 0 Å². The Bertz CT molecular complexity index is 1340. The lowest BCUT2D eigenvalue weighted by Crippen LogP contribution is -2.42. The molecule has 0 radical (unpaired) electrons. The van der Waals surface area contributed by atoms with Gasteiger partial charge in [0.2, 0.25) is 0 Å². The van der Waals surface area contributed by atoms with Crippen molar-refractivity contribution in [2.45, 2.75) is 38.4 Å². The fourth-order valence-electron chi connectivity index (χ4n) is 5.30. The van der Waals surface area contributed by atoms with E-state index in [1.54, 1.807) is 14.2 Å². The zero-order chi connectivity index (χ0) is 25.6. The van der Waals surface area contributed by atoms with E-state index in [0.717, 1.165) is 22.7 Å². The Morgan fingerprint density at radius 2 is 1.78 bits per heavy atom. The van der Waals surface area contributed by atoms with Crippen LogP contribution in [0.3, 0.4) is 0 Å². The summed E-state index contributed by atoms with van der Waals surface area (Å²) in [6.07, 6.45) is 4.15. The predicted octanol–water partition coefficient (Wildman–Crippen LogP) is 5.91. The number of rotatable bonds is 5. The van der Waals surface area contributed by atoms with Crippen molar-refractivity contribution in [1.29, 1.82) is 0 Å². The third-order valence-electron chi connectivity index (χ3n) is 7.33. The summed E-state index contributed by atoms with van der Waals surface area (Å²) in [6.45, 7) is 6.67. The summed E-state index contributed by atoms with van der Waals surface area (Å²) >= 11 is 5.92. The molecule has 1 aromatic heterocycles. The lowest BCUT2D eigenvalue weighted by atomic mass is 9.86. The normalized spacial score (nSPS) is 20.5. The van der Waals surface area contributed by atoms with Crippen molar-refractivity contribution in [3.63, 3.8) is 0 Å². The van der Waals surface area contributed by atoms with Crippen LogP contribution in [0.25, 0.3) is 5.57 Å². The lowest BCUT2D eigenvalue weighted by molar-refractivity contribution is 0.394. The van der Waals surface area contributed by atoms with E-state index < -0.39 is 0 Å². The first-order valence-electron chi connectivity index (χ1n) is 12.1. The number of methoxy groups -OCH3 is 2. The van der Waals surface area contributed by atoms with E-state index in [2.05, 4.69) is 72.2 Å². The smallest absolute Gasteiger partial charge is 0.174 e. The number of nitrogens with one attached hydrogen (secondary N) is 1. The quantitative estimate of drug-likeness (QED) is 0.437. The summed E-state index contributed by atoms with van der Waals surface area (Å²) in [5.41, 5.74) is 6.63. The van der Waals surface area contributed by atoms with Gasteiger partial charge in [-0.3, -0.25) is 4.98 Å². The van der Waals surface area contributed by atoms with Crippen molar-refractivity contribution < 1.29 is 9.47 Å². The molecule has 3 aromatic rings. The molecule has 0 unspecified atom stereocenters. The van der Waals surface area contributed by atoms with E-state index in [0.29, 0.717) is 10.9 Å². The minimum absolute atomic E-state index is 0.0475. The van der Waals surface area contributed by atoms with Crippen LogP contribution in [-0.2, 0) is 0 Å². The van der Waals surface area contributed by atoms with Crippen molar-refractivity contribution in [1.82, 2.24) is 10.3 Å².